The molecular formula is C20H24N2O6S. The van der Waals surface area contributed by atoms with E-state index in [9.17, 15) is 8.76 Å². The van der Waals surface area contributed by atoms with Gasteiger partial charge in [-0.25, -0.2) is 15.0 Å². The Bertz CT molecular complexity index is 1010. The van der Waals surface area contributed by atoms with E-state index in [2.05, 4.69) is 9.87 Å². The first kappa shape index (κ1) is 21.2. The van der Waals surface area contributed by atoms with Crippen molar-refractivity contribution in [2.75, 3.05) is 19.0 Å². The Hall–Kier alpha value is -2.56. The number of rotatable bonds is 9. The molecule has 0 atom stereocenters. The molecule has 9 heteroatoms. The Morgan fingerprint density at radius 2 is 1.79 bits per heavy atom. The number of aryl methyl sites for hydroxylation is 1. The largest absolute Gasteiger partial charge is 0.493 e. The number of benzene rings is 2. The van der Waals surface area contributed by atoms with Crippen LogP contribution in [-0.2, 0) is 20.8 Å². The van der Waals surface area contributed by atoms with Crippen molar-refractivity contribution in [2.45, 2.75) is 18.2 Å². The highest BCUT2D eigenvalue weighted by Crippen LogP contribution is 2.28. The van der Waals surface area contributed by atoms with Crippen LogP contribution in [0.1, 0.15) is 11.5 Å². The lowest BCUT2D eigenvalue weighted by molar-refractivity contribution is -0.237. The summed E-state index contributed by atoms with van der Waals surface area (Å²) in [6.07, 6.45) is 0.550. The van der Waals surface area contributed by atoms with Crippen LogP contribution in [0.2, 0.25) is 0 Å². The standard InChI is InChI=1S/C20H24N2O6S/c1-15-19(22-20(28-15)16-5-3-2-4-6-16)11-12-26-17-7-9-18(10-8-17)29(21,24,25)14-13-27-23/h2-10,23H,11-14H2,1H3,(H3,21,24,25). The van der Waals surface area contributed by atoms with Gasteiger partial charge in [-0.15, -0.1) is 9.53 Å². The molecule has 0 fully saturated rings. The smallest absolute Gasteiger partial charge is 0.226 e. The zero-order valence-electron chi connectivity index (χ0n) is 16.0. The van der Waals surface area contributed by atoms with Gasteiger partial charge < -0.3 is 9.15 Å². The SMILES string of the molecule is Cc1oc(-c2ccccc2)nc1CCOc1ccc(S(N)(=O)(O)CCOO)cc1. The van der Waals surface area contributed by atoms with Crippen molar-refractivity contribution in [2.24, 2.45) is 5.14 Å². The molecule has 0 saturated carbocycles. The molecule has 3 rings (SSSR count). The minimum Gasteiger partial charge on any atom is -0.493 e. The summed E-state index contributed by atoms with van der Waals surface area (Å²) in [5.74, 6) is 1.42. The Morgan fingerprint density at radius 3 is 2.45 bits per heavy atom. The Morgan fingerprint density at radius 1 is 1.10 bits per heavy atom. The van der Waals surface area contributed by atoms with Gasteiger partial charge >= 0.3 is 0 Å². The average Bonchev–Trinajstić information content (AvgIpc) is 3.08. The first-order valence-corrected chi connectivity index (χ1v) is 11.1. The second-order valence-corrected chi connectivity index (χ2v) is 9.75. The predicted molar refractivity (Wildman–Crippen MR) is 109 cm³/mol. The number of hydrogen-bond donors (Lipinski definition) is 3. The molecule has 0 aliphatic heterocycles. The van der Waals surface area contributed by atoms with Crippen LogP contribution in [0.15, 0.2) is 63.9 Å². The van der Waals surface area contributed by atoms with Crippen molar-refractivity contribution in [3.63, 3.8) is 0 Å². The monoisotopic (exact) mass is 420 g/mol. The first-order valence-electron chi connectivity index (χ1n) is 8.98. The molecule has 0 unspecified atom stereocenters. The summed E-state index contributed by atoms with van der Waals surface area (Å²) >= 11 is 0. The van der Waals surface area contributed by atoms with Crippen molar-refractivity contribution in [3.8, 4) is 17.2 Å². The minimum atomic E-state index is -4.57. The van der Waals surface area contributed by atoms with E-state index in [-0.39, 0.29) is 11.5 Å². The molecule has 156 valence electrons. The lowest BCUT2D eigenvalue weighted by atomic mass is 10.2. The third-order valence-electron chi connectivity index (χ3n) is 4.42. The molecular weight excluding hydrogens is 396 g/mol. The quantitative estimate of drug-likeness (QED) is 0.358. The molecule has 0 radical (unpaired) electrons. The van der Waals surface area contributed by atoms with Crippen molar-refractivity contribution < 1.29 is 28.1 Å². The number of hydrogen-bond acceptors (Lipinski definition) is 6. The van der Waals surface area contributed by atoms with Crippen LogP contribution in [0.3, 0.4) is 0 Å². The van der Waals surface area contributed by atoms with Crippen LogP contribution in [0, 0.1) is 6.92 Å². The summed E-state index contributed by atoms with van der Waals surface area (Å²) in [4.78, 5) is 8.45. The van der Waals surface area contributed by atoms with Crippen molar-refractivity contribution in [1.82, 2.24) is 4.98 Å². The van der Waals surface area contributed by atoms with Gasteiger partial charge in [0.1, 0.15) is 18.1 Å². The number of oxazole rings is 1. The van der Waals surface area contributed by atoms with Gasteiger partial charge in [0.15, 0.2) is 0 Å². The average molecular weight is 420 g/mol. The van der Waals surface area contributed by atoms with Crippen LogP contribution < -0.4 is 9.88 Å². The number of nitrogens with zero attached hydrogens (tertiary/aromatic N) is 1. The minimum absolute atomic E-state index is 0.0475. The van der Waals surface area contributed by atoms with Crippen molar-refractivity contribution in [3.05, 3.63) is 66.1 Å². The molecule has 0 aliphatic carbocycles. The summed E-state index contributed by atoms with van der Waals surface area (Å²) in [6.45, 7) is 1.87. The van der Waals surface area contributed by atoms with Gasteiger partial charge in [-0.1, -0.05) is 18.2 Å². The third-order valence-corrected chi connectivity index (χ3v) is 6.65. The van der Waals surface area contributed by atoms with E-state index in [1.807, 2.05) is 37.3 Å². The molecule has 8 nitrogen and oxygen atoms in total. The molecule has 0 bridgehead atoms. The van der Waals surface area contributed by atoms with Gasteiger partial charge in [-0.3, -0.25) is 9.81 Å². The van der Waals surface area contributed by atoms with Crippen LogP contribution >= 0.6 is 0 Å². The summed E-state index contributed by atoms with van der Waals surface area (Å²) < 4.78 is 34.1. The zero-order chi connectivity index (χ0) is 20.9. The van der Waals surface area contributed by atoms with Gasteiger partial charge in [-0.2, -0.15) is 4.21 Å². The molecule has 3 aromatic rings. The molecule has 0 amide bonds. The molecule has 29 heavy (non-hydrogen) atoms. The third kappa shape index (κ3) is 5.28. The van der Waals surface area contributed by atoms with Crippen LogP contribution in [0.5, 0.6) is 5.75 Å². The van der Waals surface area contributed by atoms with Crippen molar-refractivity contribution >= 4 is 9.53 Å². The van der Waals surface area contributed by atoms with E-state index in [0.29, 0.717) is 24.7 Å². The highest BCUT2D eigenvalue weighted by molar-refractivity contribution is 8.13. The second-order valence-electron chi connectivity index (χ2n) is 6.62. The van der Waals surface area contributed by atoms with E-state index >= 15 is 0 Å². The molecule has 4 N–H and O–H groups in total. The topological polar surface area (TPSA) is 128 Å². The fourth-order valence-electron chi connectivity index (χ4n) is 2.77. The van der Waals surface area contributed by atoms with E-state index in [1.165, 1.54) is 12.1 Å². The van der Waals surface area contributed by atoms with Gasteiger partial charge in [0.2, 0.25) is 5.89 Å². The van der Waals surface area contributed by atoms with Gasteiger partial charge in [0, 0.05) is 12.0 Å². The Labute approximate surface area is 168 Å². The maximum absolute atomic E-state index is 12.5. The van der Waals surface area contributed by atoms with Crippen LogP contribution in [-0.4, -0.2) is 38.0 Å². The van der Waals surface area contributed by atoms with E-state index in [1.54, 1.807) is 12.1 Å². The van der Waals surface area contributed by atoms with Crippen molar-refractivity contribution in [1.29, 1.82) is 0 Å². The van der Waals surface area contributed by atoms with Gasteiger partial charge in [-0.05, 0) is 43.3 Å². The van der Waals surface area contributed by atoms with Gasteiger partial charge in [0.25, 0.3) is 0 Å². The van der Waals surface area contributed by atoms with Crippen LogP contribution in [0.25, 0.3) is 11.5 Å². The van der Waals surface area contributed by atoms with E-state index < -0.39 is 15.3 Å². The molecule has 0 saturated heterocycles. The summed E-state index contributed by atoms with van der Waals surface area (Å²) in [6, 6.07) is 15.6. The molecule has 1 heterocycles. The molecule has 0 spiro atoms. The zero-order valence-corrected chi connectivity index (χ0v) is 16.8. The summed E-state index contributed by atoms with van der Waals surface area (Å²) in [5, 5.41) is 14.0. The molecule has 1 aromatic heterocycles. The highest BCUT2D eigenvalue weighted by atomic mass is 32.3. The Balaban J connectivity index is 1.60. The molecule has 2 aromatic carbocycles. The Kier molecular flexibility index (Phi) is 6.15. The maximum Gasteiger partial charge on any atom is 0.226 e. The van der Waals surface area contributed by atoms with E-state index in [4.69, 9.17) is 19.6 Å². The number of ether oxygens (including phenoxy) is 1. The number of nitrogens with two attached hydrogens (primary N) is 1. The number of aromatic nitrogens is 1. The van der Waals surface area contributed by atoms with Crippen LogP contribution in [0.4, 0.5) is 0 Å². The highest BCUT2D eigenvalue weighted by Gasteiger charge is 2.24. The van der Waals surface area contributed by atoms with Gasteiger partial charge in [0.05, 0.1) is 22.9 Å². The second kappa shape index (κ2) is 8.44. The first-order chi connectivity index (χ1) is 13.8. The lowest BCUT2D eigenvalue weighted by Crippen LogP contribution is -2.46. The van der Waals surface area contributed by atoms with E-state index in [0.717, 1.165) is 17.0 Å². The summed E-state index contributed by atoms with van der Waals surface area (Å²) in [5.41, 5.74) is 1.72. The molecule has 0 aliphatic rings. The normalized spacial score (nSPS) is 13.0. The predicted octanol–water partition coefficient (Wildman–Crippen LogP) is 3.29. The fourth-order valence-corrected chi connectivity index (χ4v) is 4.12. The maximum atomic E-state index is 12.5. The fraction of sp³-hybridized carbons (Fsp3) is 0.250. The lowest BCUT2D eigenvalue weighted by Gasteiger charge is -2.38. The summed E-state index contributed by atoms with van der Waals surface area (Å²) in [7, 11) is -4.57.